The van der Waals surface area contributed by atoms with E-state index >= 15 is 0 Å². The number of hydrogen-bond donors (Lipinski definition) is 1. The van der Waals surface area contributed by atoms with Crippen LogP contribution in [-0.4, -0.2) is 23.4 Å². The zero-order valence-electron chi connectivity index (χ0n) is 9.35. The van der Waals surface area contributed by atoms with E-state index in [1.54, 1.807) is 0 Å². The van der Waals surface area contributed by atoms with Crippen molar-refractivity contribution in [3.63, 3.8) is 0 Å². The van der Waals surface area contributed by atoms with Gasteiger partial charge < -0.3 is 9.84 Å². The van der Waals surface area contributed by atoms with Gasteiger partial charge in [-0.15, -0.1) is 0 Å². The predicted octanol–water partition coefficient (Wildman–Crippen LogP) is 1.58. The first-order valence-corrected chi connectivity index (χ1v) is 4.70. The van der Waals surface area contributed by atoms with Crippen LogP contribution in [0.3, 0.4) is 0 Å². The van der Waals surface area contributed by atoms with Crippen molar-refractivity contribution in [2.75, 3.05) is 6.61 Å². The largest absolute Gasteiger partial charge is 0.384 e. The summed E-state index contributed by atoms with van der Waals surface area (Å²) in [5, 5.41) is 8.36. The summed E-state index contributed by atoms with van der Waals surface area (Å²) in [5.74, 6) is 10.5. The van der Waals surface area contributed by atoms with Gasteiger partial charge in [0.25, 0.3) is 0 Å². The maximum atomic E-state index is 8.36. The summed E-state index contributed by atoms with van der Waals surface area (Å²) in [4.78, 5) is 0. The number of aliphatic hydroxyl groups is 1. The zero-order valence-corrected chi connectivity index (χ0v) is 9.35. The van der Waals surface area contributed by atoms with E-state index < -0.39 is 0 Å². The average molecular weight is 194 g/mol. The van der Waals surface area contributed by atoms with Gasteiger partial charge in [0.2, 0.25) is 0 Å². The van der Waals surface area contributed by atoms with Crippen molar-refractivity contribution in [3.8, 4) is 23.7 Å². The van der Waals surface area contributed by atoms with Gasteiger partial charge in [-0.2, -0.15) is 0 Å². The molecule has 0 aliphatic carbocycles. The molecule has 0 spiro atoms. The molecule has 0 saturated heterocycles. The van der Waals surface area contributed by atoms with Gasteiger partial charge in [0.05, 0.1) is 11.7 Å². The predicted molar refractivity (Wildman–Crippen MR) is 57.6 cm³/mol. The lowest BCUT2D eigenvalue weighted by Gasteiger charge is -2.23. The minimum absolute atomic E-state index is 0.110. The lowest BCUT2D eigenvalue weighted by molar-refractivity contribution is -0.0484. The Morgan fingerprint density at radius 3 is 2.29 bits per heavy atom. The van der Waals surface area contributed by atoms with Crippen LogP contribution in [0.2, 0.25) is 0 Å². The van der Waals surface area contributed by atoms with E-state index in [2.05, 4.69) is 23.7 Å². The van der Waals surface area contributed by atoms with E-state index in [1.165, 1.54) is 0 Å². The van der Waals surface area contributed by atoms with Crippen LogP contribution in [0.15, 0.2) is 0 Å². The Kier molecular flexibility index (Phi) is 6.04. The van der Waals surface area contributed by atoms with Gasteiger partial charge in [0.1, 0.15) is 6.61 Å². The van der Waals surface area contributed by atoms with E-state index in [9.17, 15) is 0 Å². The molecule has 1 atom stereocenters. The Labute approximate surface area is 86.7 Å². The summed E-state index contributed by atoms with van der Waals surface area (Å²) in [6.45, 7) is 7.90. The molecule has 78 valence electrons. The Morgan fingerprint density at radius 2 is 1.79 bits per heavy atom. The monoisotopic (exact) mass is 194 g/mol. The third-order valence-corrected chi connectivity index (χ3v) is 1.26. The van der Waals surface area contributed by atoms with Gasteiger partial charge in [-0.05, 0) is 39.5 Å². The fourth-order valence-corrected chi connectivity index (χ4v) is 0.968. The molecule has 0 amide bonds. The normalized spacial score (nSPS) is 12.1. The van der Waals surface area contributed by atoms with Crippen molar-refractivity contribution in [3.05, 3.63) is 0 Å². The lowest BCUT2D eigenvalue weighted by Crippen LogP contribution is -2.25. The second-order valence-corrected chi connectivity index (χ2v) is 4.01. The number of hydrogen-bond acceptors (Lipinski definition) is 2. The Morgan fingerprint density at radius 1 is 1.21 bits per heavy atom. The molecule has 1 N–H and O–H groups in total. The van der Waals surface area contributed by atoms with Gasteiger partial charge in [0.15, 0.2) is 0 Å². The van der Waals surface area contributed by atoms with Crippen LogP contribution in [-0.2, 0) is 4.74 Å². The molecule has 0 aromatic carbocycles. The lowest BCUT2D eigenvalue weighted by atomic mass is 10.1. The van der Waals surface area contributed by atoms with Crippen LogP contribution in [0.5, 0.6) is 0 Å². The van der Waals surface area contributed by atoms with Crippen molar-refractivity contribution in [2.24, 2.45) is 0 Å². The van der Waals surface area contributed by atoms with Crippen molar-refractivity contribution >= 4 is 0 Å². The second-order valence-electron chi connectivity index (χ2n) is 4.01. The first-order chi connectivity index (χ1) is 6.45. The molecule has 0 aromatic rings. The number of aliphatic hydroxyl groups excluding tert-OH is 1. The van der Waals surface area contributed by atoms with Gasteiger partial charge in [-0.3, -0.25) is 0 Å². The average Bonchev–Trinajstić information content (AvgIpc) is 2.00. The molecule has 0 bridgehead atoms. The molecule has 0 saturated carbocycles. The molecule has 0 fully saturated rings. The summed E-state index contributed by atoms with van der Waals surface area (Å²) in [7, 11) is 0. The van der Waals surface area contributed by atoms with E-state index in [0.29, 0.717) is 6.42 Å². The molecule has 2 nitrogen and oxygen atoms in total. The fourth-order valence-electron chi connectivity index (χ4n) is 0.968. The smallest absolute Gasteiger partial charge is 0.105 e. The molecule has 0 rings (SSSR count). The number of rotatable bonds is 2. The topological polar surface area (TPSA) is 29.5 Å². The highest BCUT2D eigenvalue weighted by Gasteiger charge is 2.13. The van der Waals surface area contributed by atoms with Gasteiger partial charge in [-0.25, -0.2) is 0 Å². The number of ether oxygens (including phenoxy) is 1. The van der Waals surface area contributed by atoms with Crippen LogP contribution in [0, 0.1) is 23.7 Å². The fraction of sp³-hybridized carbons (Fsp3) is 0.667. The van der Waals surface area contributed by atoms with Gasteiger partial charge in [-0.1, -0.05) is 11.8 Å². The molecular formula is C12H18O2. The van der Waals surface area contributed by atoms with E-state index in [1.807, 2.05) is 27.7 Å². The molecule has 0 aromatic heterocycles. The van der Waals surface area contributed by atoms with Crippen LogP contribution < -0.4 is 0 Å². The first kappa shape index (κ1) is 13.0. The maximum absolute atomic E-state index is 8.36. The van der Waals surface area contributed by atoms with Crippen LogP contribution >= 0.6 is 0 Å². The molecule has 0 aliphatic rings. The summed E-state index contributed by atoms with van der Waals surface area (Å²) in [6, 6.07) is 0. The molecule has 2 heteroatoms. The SMILES string of the molecule is CC(CC#CC#CCO)OC(C)(C)C. The van der Waals surface area contributed by atoms with E-state index in [4.69, 9.17) is 9.84 Å². The molecule has 0 radical (unpaired) electrons. The van der Waals surface area contributed by atoms with Crippen LogP contribution in [0.4, 0.5) is 0 Å². The van der Waals surface area contributed by atoms with Crippen molar-refractivity contribution in [1.29, 1.82) is 0 Å². The minimum atomic E-state index is -0.136. The summed E-state index contributed by atoms with van der Waals surface area (Å²) < 4.78 is 5.64. The summed E-state index contributed by atoms with van der Waals surface area (Å²) in [6.07, 6.45) is 0.774. The molecule has 14 heavy (non-hydrogen) atoms. The minimum Gasteiger partial charge on any atom is -0.384 e. The maximum Gasteiger partial charge on any atom is 0.105 e. The quantitative estimate of drug-likeness (QED) is 0.676. The third-order valence-electron chi connectivity index (χ3n) is 1.26. The van der Waals surface area contributed by atoms with Gasteiger partial charge >= 0.3 is 0 Å². The van der Waals surface area contributed by atoms with Crippen molar-refractivity contribution in [1.82, 2.24) is 0 Å². The van der Waals surface area contributed by atoms with Crippen LogP contribution in [0.25, 0.3) is 0 Å². The Hall–Kier alpha value is -0.960. The summed E-state index contributed by atoms with van der Waals surface area (Å²) >= 11 is 0. The molecule has 1 unspecified atom stereocenters. The Bertz CT molecular complexity index is 265. The summed E-state index contributed by atoms with van der Waals surface area (Å²) in [5.41, 5.74) is -0.127. The Balaban J connectivity index is 3.83. The molecular weight excluding hydrogens is 176 g/mol. The van der Waals surface area contributed by atoms with E-state index in [0.717, 1.165) is 0 Å². The second kappa shape index (κ2) is 6.49. The highest BCUT2D eigenvalue weighted by atomic mass is 16.5. The van der Waals surface area contributed by atoms with Crippen LogP contribution in [0.1, 0.15) is 34.1 Å². The molecule has 0 aliphatic heterocycles. The first-order valence-electron chi connectivity index (χ1n) is 4.70. The van der Waals surface area contributed by atoms with Gasteiger partial charge in [0, 0.05) is 6.42 Å². The highest BCUT2D eigenvalue weighted by Crippen LogP contribution is 2.11. The van der Waals surface area contributed by atoms with Crippen molar-refractivity contribution in [2.45, 2.75) is 45.8 Å². The zero-order chi connectivity index (χ0) is 11.0. The standard InChI is InChI=1S/C12H18O2/c1-11(14-12(2,3)4)9-7-5-6-8-10-13/h11,13H,9-10H2,1-4H3. The highest BCUT2D eigenvalue weighted by molar-refractivity contribution is 5.25. The molecule has 0 heterocycles. The van der Waals surface area contributed by atoms with E-state index in [-0.39, 0.29) is 18.3 Å². The van der Waals surface area contributed by atoms with Crippen molar-refractivity contribution < 1.29 is 9.84 Å². The third kappa shape index (κ3) is 9.13.